The van der Waals surface area contributed by atoms with Crippen molar-refractivity contribution in [3.8, 4) is 0 Å². The second-order valence-electron chi connectivity index (χ2n) is 7.95. The molecule has 0 amide bonds. The van der Waals surface area contributed by atoms with Crippen LogP contribution in [0.4, 0.5) is 0 Å². The highest BCUT2D eigenvalue weighted by molar-refractivity contribution is 4.45. The van der Waals surface area contributed by atoms with E-state index in [4.69, 9.17) is 0 Å². The summed E-state index contributed by atoms with van der Waals surface area (Å²) < 4.78 is 0. The lowest BCUT2D eigenvalue weighted by atomic mass is 10.1. The molecule has 0 unspecified atom stereocenters. The van der Waals surface area contributed by atoms with E-state index in [9.17, 15) is 0 Å². The van der Waals surface area contributed by atoms with Gasteiger partial charge >= 0.3 is 0 Å². The molecule has 0 saturated heterocycles. The maximum absolute atomic E-state index is 2.28. The lowest BCUT2D eigenvalue weighted by molar-refractivity contribution is 0.562. The first kappa shape index (κ1) is 30.7. The first-order chi connectivity index (χ1) is 12.7. The van der Waals surface area contributed by atoms with Gasteiger partial charge in [-0.15, -0.1) is 0 Å². The number of rotatable bonds is 17. The zero-order valence-electron chi connectivity index (χ0n) is 20.1. The number of hydrogen-bond donors (Lipinski definition) is 0. The van der Waals surface area contributed by atoms with Crippen molar-refractivity contribution in [1.82, 2.24) is 0 Å². The van der Waals surface area contributed by atoms with E-state index in [1.54, 1.807) is 0 Å². The SMILES string of the molecule is CCCCCCC.CCCCCCC.CCCCCCCCCCCC. The van der Waals surface area contributed by atoms with E-state index in [0.717, 1.165) is 0 Å². The van der Waals surface area contributed by atoms with Gasteiger partial charge in [0.05, 0.1) is 0 Å². The second-order valence-corrected chi connectivity index (χ2v) is 7.95. The van der Waals surface area contributed by atoms with Crippen molar-refractivity contribution in [3.05, 3.63) is 0 Å². The monoisotopic (exact) mass is 370 g/mol. The van der Waals surface area contributed by atoms with E-state index in [0.29, 0.717) is 0 Å². The van der Waals surface area contributed by atoms with Crippen LogP contribution in [0.3, 0.4) is 0 Å². The van der Waals surface area contributed by atoms with Crippen LogP contribution >= 0.6 is 0 Å². The molecule has 26 heavy (non-hydrogen) atoms. The molecule has 0 fully saturated rings. The van der Waals surface area contributed by atoms with Gasteiger partial charge in [0.15, 0.2) is 0 Å². The fraction of sp³-hybridized carbons (Fsp3) is 1.00. The Labute approximate surface area is 170 Å². The third-order valence-electron chi connectivity index (χ3n) is 4.87. The third kappa shape index (κ3) is 43.9. The van der Waals surface area contributed by atoms with Crippen molar-refractivity contribution in [2.75, 3.05) is 0 Å². The Morgan fingerprint density at radius 3 is 0.462 bits per heavy atom. The molecule has 0 aliphatic carbocycles. The van der Waals surface area contributed by atoms with Crippen LogP contribution in [0.25, 0.3) is 0 Å². The third-order valence-corrected chi connectivity index (χ3v) is 4.87. The van der Waals surface area contributed by atoms with E-state index >= 15 is 0 Å². The van der Waals surface area contributed by atoms with Gasteiger partial charge in [0.1, 0.15) is 0 Å². The van der Waals surface area contributed by atoms with Crippen molar-refractivity contribution in [1.29, 1.82) is 0 Å². The van der Waals surface area contributed by atoms with E-state index in [2.05, 4.69) is 41.5 Å². The Morgan fingerprint density at radius 1 is 0.192 bits per heavy atom. The lowest BCUT2D eigenvalue weighted by Gasteiger charge is -1.99. The topological polar surface area (TPSA) is 0 Å². The summed E-state index contributed by atoms with van der Waals surface area (Å²) >= 11 is 0. The summed E-state index contributed by atoms with van der Waals surface area (Å²) in [5.41, 5.74) is 0. The summed E-state index contributed by atoms with van der Waals surface area (Å²) in [6, 6.07) is 0. The summed E-state index contributed by atoms with van der Waals surface area (Å²) in [7, 11) is 0. The van der Waals surface area contributed by atoms with Gasteiger partial charge in [-0.2, -0.15) is 0 Å². The maximum atomic E-state index is 2.28. The maximum Gasteiger partial charge on any atom is -0.0533 e. The molecule has 0 N–H and O–H groups in total. The molecule has 0 nitrogen and oxygen atoms in total. The molecule has 0 spiro atoms. The molecule has 0 heteroatoms. The molecular formula is C26H58. The van der Waals surface area contributed by atoms with Crippen molar-refractivity contribution in [3.63, 3.8) is 0 Å². The van der Waals surface area contributed by atoms with Gasteiger partial charge in [0.2, 0.25) is 0 Å². The zero-order valence-corrected chi connectivity index (χ0v) is 20.1. The Hall–Kier alpha value is 0. The average Bonchev–Trinajstić information content (AvgIpc) is 2.66. The first-order valence-corrected chi connectivity index (χ1v) is 12.7. The zero-order chi connectivity index (χ0) is 20.1. The number of unbranched alkanes of at least 4 members (excludes halogenated alkanes) is 17. The average molecular weight is 371 g/mol. The molecular weight excluding hydrogens is 312 g/mol. The normalized spacial score (nSPS) is 9.92. The van der Waals surface area contributed by atoms with Crippen LogP contribution in [0.5, 0.6) is 0 Å². The smallest absolute Gasteiger partial charge is 0.0533 e. The van der Waals surface area contributed by atoms with E-state index in [1.165, 1.54) is 128 Å². The molecule has 0 rings (SSSR count). The Balaban J connectivity index is -0.000000326. The van der Waals surface area contributed by atoms with Gasteiger partial charge in [-0.1, -0.05) is 170 Å². The van der Waals surface area contributed by atoms with E-state index < -0.39 is 0 Å². The van der Waals surface area contributed by atoms with Gasteiger partial charge in [-0.05, 0) is 0 Å². The van der Waals surface area contributed by atoms with Gasteiger partial charge in [-0.25, -0.2) is 0 Å². The minimum atomic E-state index is 1.36. The fourth-order valence-electron chi connectivity index (χ4n) is 2.91. The van der Waals surface area contributed by atoms with E-state index in [-0.39, 0.29) is 0 Å². The standard InChI is InChI=1S/C12H26.2C7H16/c1-3-5-7-9-11-12-10-8-6-4-2;2*1-3-5-7-6-4-2/h3-12H2,1-2H3;2*3-7H2,1-2H3. The first-order valence-electron chi connectivity index (χ1n) is 12.7. The highest BCUT2D eigenvalue weighted by Crippen LogP contribution is 2.09. The van der Waals surface area contributed by atoms with Crippen LogP contribution < -0.4 is 0 Å². The lowest BCUT2D eigenvalue weighted by Crippen LogP contribution is -1.80. The molecule has 162 valence electrons. The van der Waals surface area contributed by atoms with Crippen LogP contribution in [0, 0.1) is 0 Å². The molecule has 0 atom stereocenters. The Bertz CT molecular complexity index is 145. The molecule has 0 aromatic rings. The number of hydrogen-bond acceptors (Lipinski definition) is 0. The van der Waals surface area contributed by atoms with Crippen molar-refractivity contribution in [2.45, 2.75) is 170 Å². The molecule has 0 aliphatic rings. The highest BCUT2D eigenvalue weighted by Gasteiger charge is 1.90. The largest absolute Gasteiger partial charge is 0.0654 e. The van der Waals surface area contributed by atoms with Crippen LogP contribution in [-0.4, -0.2) is 0 Å². The minimum Gasteiger partial charge on any atom is -0.0654 e. The summed E-state index contributed by atoms with van der Waals surface area (Å²) in [6.07, 6.45) is 28.5. The van der Waals surface area contributed by atoms with Crippen LogP contribution in [-0.2, 0) is 0 Å². The van der Waals surface area contributed by atoms with Crippen LogP contribution in [0.15, 0.2) is 0 Å². The summed E-state index contributed by atoms with van der Waals surface area (Å²) in [5, 5.41) is 0. The van der Waals surface area contributed by atoms with Gasteiger partial charge in [0, 0.05) is 0 Å². The second kappa shape index (κ2) is 36.0. The molecule has 0 aliphatic heterocycles. The molecule has 0 aromatic heterocycles. The van der Waals surface area contributed by atoms with Crippen LogP contribution in [0.1, 0.15) is 170 Å². The molecule has 0 saturated carbocycles. The van der Waals surface area contributed by atoms with Crippen molar-refractivity contribution < 1.29 is 0 Å². The quantitative estimate of drug-likeness (QED) is 0.223. The van der Waals surface area contributed by atoms with Crippen molar-refractivity contribution in [2.24, 2.45) is 0 Å². The fourth-order valence-corrected chi connectivity index (χ4v) is 2.91. The Kier molecular flexibility index (Phi) is 42.5. The minimum absolute atomic E-state index is 1.36. The van der Waals surface area contributed by atoms with Gasteiger partial charge in [0.25, 0.3) is 0 Å². The molecule has 0 radical (unpaired) electrons. The highest BCUT2D eigenvalue weighted by atomic mass is 14.0. The predicted octanol–water partition coefficient (Wildman–Crippen LogP) is 10.9. The summed E-state index contributed by atoms with van der Waals surface area (Å²) in [5.74, 6) is 0. The van der Waals surface area contributed by atoms with Gasteiger partial charge in [-0.3, -0.25) is 0 Å². The van der Waals surface area contributed by atoms with Crippen molar-refractivity contribution >= 4 is 0 Å². The molecule has 0 bridgehead atoms. The Morgan fingerprint density at radius 2 is 0.308 bits per heavy atom. The summed E-state index contributed by atoms with van der Waals surface area (Å²) in [6.45, 7) is 13.5. The molecule has 0 aromatic carbocycles. The molecule has 0 heterocycles. The van der Waals surface area contributed by atoms with Crippen LogP contribution in [0.2, 0.25) is 0 Å². The summed E-state index contributed by atoms with van der Waals surface area (Å²) in [4.78, 5) is 0. The van der Waals surface area contributed by atoms with Gasteiger partial charge < -0.3 is 0 Å². The van der Waals surface area contributed by atoms with E-state index in [1.807, 2.05) is 0 Å². The predicted molar refractivity (Wildman–Crippen MR) is 126 cm³/mol.